The van der Waals surface area contributed by atoms with E-state index >= 15 is 0 Å². The molecule has 0 radical (unpaired) electrons. The molecule has 1 aromatic carbocycles. The van der Waals surface area contributed by atoms with Crippen LogP contribution >= 0.6 is 22.9 Å². The van der Waals surface area contributed by atoms with Gasteiger partial charge in [-0.3, -0.25) is 9.59 Å². The van der Waals surface area contributed by atoms with Crippen molar-refractivity contribution in [2.45, 2.75) is 38.5 Å². The zero-order valence-electron chi connectivity index (χ0n) is 14.1. The Morgan fingerprint density at radius 3 is 2.81 bits per heavy atom. The Bertz CT molecular complexity index is 1020. The molecule has 0 aliphatic heterocycles. The normalized spacial score (nSPS) is 13.6. The number of carbonyl (C=O) groups excluding carboxylic acids is 1. The second-order valence-electron chi connectivity index (χ2n) is 6.46. The summed E-state index contributed by atoms with van der Waals surface area (Å²) in [5, 5.41) is 4.19. The zero-order valence-corrected chi connectivity index (χ0v) is 15.7. The van der Waals surface area contributed by atoms with Crippen LogP contribution in [-0.4, -0.2) is 15.9 Å². The zero-order chi connectivity index (χ0) is 18.1. The summed E-state index contributed by atoms with van der Waals surface area (Å²) < 4.78 is 0. The standard InChI is InChI=1S/C19H18ClN3O2S/c20-11-5-7-12(8-6-11)21-16(24)10-9-15-22-18(25)17-13-3-1-2-4-14(13)26-19(17)23-15/h5-8H,1-4,9-10H2,(H,21,24)(H,22,23,25). The number of rotatable bonds is 4. The number of thiophene rings is 1. The Balaban J connectivity index is 1.48. The lowest BCUT2D eigenvalue weighted by atomic mass is 9.97. The van der Waals surface area contributed by atoms with Gasteiger partial charge in [0.25, 0.3) is 5.56 Å². The number of fused-ring (bicyclic) bond motifs is 3. The van der Waals surface area contributed by atoms with Gasteiger partial charge in [0.1, 0.15) is 10.7 Å². The first-order chi connectivity index (χ1) is 12.6. The molecule has 1 aliphatic rings. The summed E-state index contributed by atoms with van der Waals surface area (Å²) in [6.45, 7) is 0. The SMILES string of the molecule is O=C(CCc1nc2sc3c(c2c(=O)[nH]1)CCCC3)Nc1ccc(Cl)cc1. The second kappa shape index (κ2) is 7.21. The maximum absolute atomic E-state index is 12.5. The van der Waals surface area contributed by atoms with Crippen molar-refractivity contribution < 1.29 is 4.79 Å². The second-order valence-corrected chi connectivity index (χ2v) is 7.98. The van der Waals surface area contributed by atoms with Gasteiger partial charge in [0.2, 0.25) is 5.91 Å². The third-order valence-electron chi connectivity index (χ3n) is 4.59. The highest BCUT2D eigenvalue weighted by Crippen LogP contribution is 2.33. The quantitative estimate of drug-likeness (QED) is 0.708. The van der Waals surface area contributed by atoms with Gasteiger partial charge in [-0.2, -0.15) is 0 Å². The lowest BCUT2D eigenvalue weighted by Crippen LogP contribution is -2.16. The van der Waals surface area contributed by atoms with Crippen LogP contribution in [0, 0.1) is 0 Å². The van der Waals surface area contributed by atoms with E-state index in [1.807, 2.05) is 0 Å². The molecule has 3 aromatic rings. The molecule has 0 unspecified atom stereocenters. The average molecular weight is 388 g/mol. The molecule has 1 aliphatic carbocycles. The average Bonchev–Trinajstić information content (AvgIpc) is 3.01. The number of carbonyl (C=O) groups is 1. The first-order valence-corrected chi connectivity index (χ1v) is 9.88. The van der Waals surface area contributed by atoms with Gasteiger partial charge in [-0.05, 0) is 55.5 Å². The summed E-state index contributed by atoms with van der Waals surface area (Å²) in [6.07, 6.45) is 4.95. The van der Waals surface area contributed by atoms with Crippen LogP contribution in [0.5, 0.6) is 0 Å². The number of amides is 1. The van der Waals surface area contributed by atoms with Crippen LogP contribution in [0.3, 0.4) is 0 Å². The van der Waals surface area contributed by atoms with E-state index < -0.39 is 0 Å². The minimum Gasteiger partial charge on any atom is -0.326 e. The Kier molecular flexibility index (Phi) is 4.78. The number of hydrogen-bond donors (Lipinski definition) is 2. The lowest BCUT2D eigenvalue weighted by Gasteiger charge is -2.09. The summed E-state index contributed by atoms with van der Waals surface area (Å²) in [5.74, 6) is 0.438. The van der Waals surface area contributed by atoms with Gasteiger partial charge >= 0.3 is 0 Å². The molecule has 0 fully saturated rings. The molecule has 0 saturated carbocycles. The van der Waals surface area contributed by atoms with Crippen LogP contribution in [0.15, 0.2) is 29.1 Å². The molecule has 26 heavy (non-hydrogen) atoms. The Hall–Kier alpha value is -2.18. The predicted molar refractivity (Wildman–Crippen MR) is 105 cm³/mol. The first kappa shape index (κ1) is 17.2. The van der Waals surface area contributed by atoms with Crippen molar-refractivity contribution in [2.75, 3.05) is 5.32 Å². The van der Waals surface area contributed by atoms with E-state index in [9.17, 15) is 9.59 Å². The van der Waals surface area contributed by atoms with Crippen LogP contribution in [0.4, 0.5) is 5.69 Å². The molecule has 2 N–H and O–H groups in total. The minimum absolute atomic E-state index is 0.0810. The molecule has 0 atom stereocenters. The predicted octanol–water partition coefficient (Wildman–Crippen LogP) is 4.09. The van der Waals surface area contributed by atoms with Gasteiger partial charge in [0, 0.05) is 28.4 Å². The third-order valence-corrected chi connectivity index (χ3v) is 6.03. The summed E-state index contributed by atoms with van der Waals surface area (Å²) in [6, 6.07) is 6.95. The molecular formula is C19H18ClN3O2S. The van der Waals surface area contributed by atoms with Gasteiger partial charge in [-0.25, -0.2) is 4.98 Å². The fraction of sp³-hybridized carbons (Fsp3) is 0.316. The van der Waals surface area contributed by atoms with E-state index in [1.54, 1.807) is 35.6 Å². The molecule has 4 rings (SSSR count). The lowest BCUT2D eigenvalue weighted by molar-refractivity contribution is -0.116. The number of anilines is 1. The van der Waals surface area contributed by atoms with Crippen LogP contribution in [-0.2, 0) is 24.1 Å². The van der Waals surface area contributed by atoms with Crippen molar-refractivity contribution in [1.29, 1.82) is 0 Å². The number of nitrogens with zero attached hydrogens (tertiary/aromatic N) is 1. The molecule has 1 amide bonds. The van der Waals surface area contributed by atoms with Gasteiger partial charge in [-0.1, -0.05) is 11.6 Å². The molecule has 0 spiro atoms. The molecule has 2 aromatic heterocycles. The summed E-state index contributed by atoms with van der Waals surface area (Å²) in [7, 11) is 0. The largest absolute Gasteiger partial charge is 0.326 e. The number of H-pyrrole nitrogens is 1. The fourth-order valence-electron chi connectivity index (χ4n) is 3.32. The highest BCUT2D eigenvalue weighted by molar-refractivity contribution is 7.18. The van der Waals surface area contributed by atoms with Crippen LogP contribution in [0.2, 0.25) is 5.02 Å². The molecule has 7 heteroatoms. The Labute approximate surface area is 159 Å². The van der Waals surface area contributed by atoms with E-state index in [4.69, 9.17) is 11.6 Å². The maximum atomic E-state index is 12.5. The number of hydrogen-bond acceptors (Lipinski definition) is 4. The number of aromatic nitrogens is 2. The number of aryl methyl sites for hydroxylation is 3. The van der Waals surface area contributed by atoms with Crippen molar-refractivity contribution in [2.24, 2.45) is 0 Å². The van der Waals surface area contributed by atoms with Crippen LogP contribution < -0.4 is 10.9 Å². The Morgan fingerprint density at radius 2 is 2.00 bits per heavy atom. The van der Waals surface area contributed by atoms with Crippen molar-refractivity contribution in [3.8, 4) is 0 Å². The van der Waals surface area contributed by atoms with Crippen molar-refractivity contribution in [3.63, 3.8) is 0 Å². The van der Waals surface area contributed by atoms with Gasteiger partial charge in [0.15, 0.2) is 0 Å². The van der Waals surface area contributed by atoms with E-state index in [2.05, 4.69) is 15.3 Å². The molecule has 134 valence electrons. The number of halogens is 1. The summed E-state index contributed by atoms with van der Waals surface area (Å²) in [4.78, 5) is 34.2. The molecular weight excluding hydrogens is 370 g/mol. The van der Waals surface area contributed by atoms with E-state index in [1.165, 1.54) is 16.9 Å². The van der Waals surface area contributed by atoms with E-state index in [-0.39, 0.29) is 17.9 Å². The molecule has 2 heterocycles. The smallest absolute Gasteiger partial charge is 0.259 e. The highest BCUT2D eigenvalue weighted by atomic mass is 35.5. The van der Waals surface area contributed by atoms with E-state index in [0.29, 0.717) is 23.0 Å². The Morgan fingerprint density at radius 1 is 1.23 bits per heavy atom. The maximum Gasteiger partial charge on any atom is 0.259 e. The first-order valence-electron chi connectivity index (χ1n) is 8.69. The molecule has 5 nitrogen and oxygen atoms in total. The van der Waals surface area contributed by atoms with Crippen molar-refractivity contribution >= 4 is 44.7 Å². The number of benzene rings is 1. The van der Waals surface area contributed by atoms with Gasteiger partial charge < -0.3 is 10.3 Å². The van der Waals surface area contributed by atoms with Crippen LogP contribution in [0.25, 0.3) is 10.2 Å². The minimum atomic E-state index is -0.124. The number of nitrogens with one attached hydrogen (secondary N) is 2. The van der Waals surface area contributed by atoms with Crippen LogP contribution in [0.1, 0.15) is 35.5 Å². The third kappa shape index (κ3) is 3.52. The van der Waals surface area contributed by atoms with Gasteiger partial charge in [0.05, 0.1) is 5.39 Å². The highest BCUT2D eigenvalue weighted by Gasteiger charge is 2.19. The summed E-state index contributed by atoms with van der Waals surface area (Å²) >= 11 is 7.46. The number of aromatic amines is 1. The van der Waals surface area contributed by atoms with Crippen molar-refractivity contribution in [1.82, 2.24) is 9.97 Å². The van der Waals surface area contributed by atoms with E-state index in [0.717, 1.165) is 29.5 Å². The van der Waals surface area contributed by atoms with Crippen molar-refractivity contribution in [3.05, 3.63) is 55.9 Å². The molecule has 0 bridgehead atoms. The molecule has 0 saturated heterocycles. The topological polar surface area (TPSA) is 74.8 Å². The van der Waals surface area contributed by atoms with Gasteiger partial charge in [-0.15, -0.1) is 11.3 Å². The fourth-order valence-corrected chi connectivity index (χ4v) is 4.72. The summed E-state index contributed by atoms with van der Waals surface area (Å²) in [5.41, 5.74) is 1.79. The monoisotopic (exact) mass is 387 g/mol.